The van der Waals surface area contributed by atoms with Crippen molar-refractivity contribution in [2.45, 2.75) is 83.8 Å². The van der Waals surface area contributed by atoms with Crippen LogP contribution in [0.25, 0.3) is 0 Å². The van der Waals surface area contributed by atoms with Gasteiger partial charge in [-0.2, -0.15) is 0 Å². The SMILES string of the molecule is CC(C)C[C@@H](NC(=O)[C@H](CC(=O)[C@H](N)Cc1ccccc1)Cc1ccccc1)C(=O)C[C@H](CCCCN)C(=O)NCc1nccs1. The Morgan fingerprint density at radius 3 is 2.04 bits per heavy atom. The Kier molecular flexibility index (Phi) is 15.7. The van der Waals surface area contributed by atoms with Gasteiger partial charge in [0.1, 0.15) is 5.01 Å². The number of thiazole rings is 1. The summed E-state index contributed by atoms with van der Waals surface area (Å²) in [5.41, 5.74) is 13.9. The summed E-state index contributed by atoms with van der Waals surface area (Å²) in [6.07, 6.45) is 4.74. The van der Waals surface area contributed by atoms with E-state index in [-0.39, 0.29) is 42.1 Å². The van der Waals surface area contributed by atoms with E-state index in [1.165, 1.54) is 11.3 Å². The number of nitrogens with zero attached hydrogens (tertiary/aromatic N) is 1. The first-order valence-electron chi connectivity index (χ1n) is 16.2. The quantitative estimate of drug-likeness (QED) is 0.125. The van der Waals surface area contributed by atoms with Gasteiger partial charge in [-0.1, -0.05) is 80.9 Å². The number of nitrogens with two attached hydrogens (primary N) is 2. The van der Waals surface area contributed by atoms with Crippen molar-refractivity contribution in [1.82, 2.24) is 15.6 Å². The molecule has 6 N–H and O–H groups in total. The summed E-state index contributed by atoms with van der Waals surface area (Å²) in [5.74, 6) is -2.13. The molecule has 46 heavy (non-hydrogen) atoms. The lowest BCUT2D eigenvalue weighted by molar-refractivity contribution is -0.134. The smallest absolute Gasteiger partial charge is 0.224 e. The lowest BCUT2D eigenvalue weighted by atomic mass is 9.88. The van der Waals surface area contributed by atoms with E-state index in [9.17, 15) is 19.2 Å². The number of benzene rings is 2. The standard InChI is InChI=1S/C36H49N5O4S/c1-25(2)19-31(33(43)22-28(15-9-10-16-37)35(44)40-24-34-39-17-18-46-34)41-36(45)29(20-26-11-5-3-6-12-26)23-32(42)30(38)21-27-13-7-4-8-14-27/h3-8,11-14,17-18,25,28-31H,9-10,15-16,19-24,37-38H2,1-2H3,(H,40,44)(H,41,45)/t28-,29-,30+,31+/m0/s1. The number of carbonyl (C=O) groups is 4. The highest BCUT2D eigenvalue weighted by molar-refractivity contribution is 7.09. The Balaban J connectivity index is 1.74. The number of Topliss-reactive ketones (excluding diaryl/α,β-unsaturated/α-hetero) is 2. The van der Waals surface area contributed by atoms with E-state index in [0.29, 0.717) is 45.2 Å². The van der Waals surface area contributed by atoms with Crippen molar-refractivity contribution >= 4 is 34.7 Å². The van der Waals surface area contributed by atoms with Gasteiger partial charge in [-0.05, 0) is 55.7 Å². The van der Waals surface area contributed by atoms with E-state index < -0.39 is 23.9 Å². The molecule has 0 aliphatic heterocycles. The summed E-state index contributed by atoms with van der Waals surface area (Å²) < 4.78 is 0. The number of hydrogen-bond donors (Lipinski definition) is 4. The molecule has 0 fully saturated rings. The first-order valence-corrected chi connectivity index (χ1v) is 17.1. The molecule has 248 valence electrons. The molecule has 0 aliphatic carbocycles. The van der Waals surface area contributed by atoms with Gasteiger partial charge in [-0.15, -0.1) is 11.3 Å². The molecule has 2 aromatic carbocycles. The molecule has 3 aromatic rings. The van der Waals surface area contributed by atoms with Crippen LogP contribution in [0.3, 0.4) is 0 Å². The molecule has 0 radical (unpaired) electrons. The summed E-state index contributed by atoms with van der Waals surface area (Å²) >= 11 is 1.45. The van der Waals surface area contributed by atoms with Crippen LogP contribution in [0, 0.1) is 17.8 Å². The van der Waals surface area contributed by atoms with E-state index in [1.54, 1.807) is 6.20 Å². The van der Waals surface area contributed by atoms with Crippen molar-refractivity contribution < 1.29 is 19.2 Å². The molecule has 1 aromatic heterocycles. The lowest BCUT2D eigenvalue weighted by Crippen LogP contribution is -2.47. The number of aromatic nitrogens is 1. The third-order valence-electron chi connectivity index (χ3n) is 7.99. The summed E-state index contributed by atoms with van der Waals surface area (Å²) in [4.78, 5) is 58.4. The van der Waals surface area contributed by atoms with Crippen LogP contribution in [-0.2, 0) is 38.6 Å². The van der Waals surface area contributed by atoms with Crippen LogP contribution in [0.15, 0.2) is 72.2 Å². The molecule has 1 heterocycles. The summed E-state index contributed by atoms with van der Waals surface area (Å²) in [6, 6.07) is 17.5. The van der Waals surface area contributed by atoms with Crippen molar-refractivity contribution in [1.29, 1.82) is 0 Å². The van der Waals surface area contributed by atoms with Crippen LogP contribution in [0.4, 0.5) is 0 Å². The van der Waals surface area contributed by atoms with Gasteiger partial charge in [0.15, 0.2) is 11.6 Å². The summed E-state index contributed by atoms with van der Waals surface area (Å²) in [7, 11) is 0. The largest absolute Gasteiger partial charge is 0.349 e. The molecule has 0 aliphatic rings. The van der Waals surface area contributed by atoms with Gasteiger partial charge in [0.05, 0.1) is 18.6 Å². The number of nitrogens with one attached hydrogen (secondary N) is 2. The zero-order valence-electron chi connectivity index (χ0n) is 27.0. The van der Waals surface area contributed by atoms with Gasteiger partial charge in [-0.3, -0.25) is 19.2 Å². The van der Waals surface area contributed by atoms with Gasteiger partial charge < -0.3 is 22.1 Å². The van der Waals surface area contributed by atoms with Crippen molar-refractivity contribution in [3.05, 3.63) is 88.4 Å². The Morgan fingerprint density at radius 2 is 1.46 bits per heavy atom. The predicted octanol–water partition coefficient (Wildman–Crippen LogP) is 4.38. The van der Waals surface area contributed by atoms with Gasteiger partial charge >= 0.3 is 0 Å². The minimum atomic E-state index is -0.789. The Bertz CT molecular complexity index is 1350. The van der Waals surface area contributed by atoms with E-state index >= 15 is 0 Å². The number of carbonyl (C=O) groups excluding carboxylic acids is 4. The highest BCUT2D eigenvalue weighted by Gasteiger charge is 2.31. The first-order chi connectivity index (χ1) is 22.2. The predicted molar refractivity (Wildman–Crippen MR) is 183 cm³/mol. The van der Waals surface area contributed by atoms with Crippen LogP contribution >= 0.6 is 11.3 Å². The minimum absolute atomic E-state index is 0.00380. The molecule has 4 atom stereocenters. The Labute approximate surface area is 276 Å². The van der Waals surface area contributed by atoms with E-state index in [2.05, 4.69) is 15.6 Å². The Morgan fingerprint density at radius 1 is 0.826 bits per heavy atom. The fraction of sp³-hybridized carbons (Fsp3) is 0.472. The second-order valence-corrected chi connectivity index (χ2v) is 13.3. The average Bonchev–Trinajstić information content (AvgIpc) is 3.57. The summed E-state index contributed by atoms with van der Waals surface area (Å²) in [5, 5.41) is 8.54. The highest BCUT2D eigenvalue weighted by atomic mass is 32.1. The van der Waals surface area contributed by atoms with Crippen molar-refractivity contribution in [2.24, 2.45) is 29.2 Å². The molecule has 2 amide bonds. The van der Waals surface area contributed by atoms with Gasteiger partial charge in [0.2, 0.25) is 11.8 Å². The fourth-order valence-corrected chi connectivity index (χ4v) is 6.01. The fourth-order valence-electron chi connectivity index (χ4n) is 5.46. The maximum absolute atomic E-state index is 13.9. The molecule has 0 saturated carbocycles. The molecular weight excluding hydrogens is 598 g/mol. The second kappa shape index (κ2) is 19.7. The first kappa shape index (κ1) is 36.7. The maximum Gasteiger partial charge on any atom is 0.224 e. The van der Waals surface area contributed by atoms with Crippen LogP contribution in [-0.4, -0.2) is 47.0 Å². The number of unbranched alkanes of at least 4 members (excludes halogenated alkanes) is 1. The van der Waals surface area contributed by atoms with Crippen LogP contribution in [0.5, 0.6) is 0 Å². The molecular formula is C36H49N5O4S. The Hall–Kier alpha value is -3.73. The topological polar surface area (TPSA) is 157 Å². The van der Waals surface area contributed by atoms with Crippen molar-refractivity contribution in [3.63, 3.8) is 0 Å². The van der Waals surface area contributed by atoms with Crippen LogP contribution in [0.2, 0.25) is 0 Å². The van der Waals surface area contributed by atoms with Gasteiger partial charge in [0.25, 0.3) is 0 Å². The molecule has 0 bridgehead atoms. The molecule has 3 rings (SSSR count). The van der Waals surface area contributed by atoms with Crippen molar-refractivity contribution in [2.75, 3.05) is 6.54 Å². The maximum atomic E-state index is 13.9. The third-order valence-corrected chi connectivity index (χ3v) is 8.77. The molecule has 9 nitrogen and oxygen atoms in total. The molecule has 0 unspecified atom stereocenters. The zero-order valence-corrected chi connectivity index (χ0v) is 27.8. The number of ketones is 2. The van der Waals surface area contributed by atoms with Gasteiger partial charge in [-0.25, -0.2) is 4.98 Å². The number of rotatable bonds is 21. The van der Waals surface area contributed by atoms with Gasteiger partial charge in [0, 0.05) is 36.3 Å². The van der Waals surface area contributed by atoms with E-state index in [0.717, 1.165) is 22.6 Å². The van der Waals surface area contributed by atoms with Crippen LogP contribution in [0.1, 0.15) is 68.5 Å². The number of hydrogen-bond acceptors (Lipinski definition) is 8. The minimum Gasteiger partial charge on any atom is -0.349 e. The third kappa shape index (κ3) is 12.9. The molecule has 0 saturated heterocycles. The lowest BCUT2D eigenvalue weighted by Gasteiger charge is -2.25. The van der Waals surface area contributed by atoms with E-state index in [1.807, 2.05) is 79.9 Å². The molecule has 10 heteroatoms. The molecule has 0 spiro atoms. The second-order valence-electron chi connectivity index (χ2n) is 12.3. The average molecular weight is 648 g/mol. The highest BCUT2D eigenvalue weighted by Crippen LogP contribution is 2.20. The van der Waals surface area contributed by atoms with E-state index in [4.69, 9.17) is 11.5 Å². The van der Waals surface area contributed by atoms with Crippen LogP contribution < -0.4 is 22.1 Å². The number of amides is 2. The summed E-state index contributed by atoms with van der Waals surface area (Å²) in [6.45, 7) is 4.77. The zero-order chi connectivity index (χ0) is 33.3. The monoisotopic (exact) mass is 647 g/mol. The van der Waals surface area contributed by atoms with Crippen molar-refractivity contribution in [3.8, 4) is 0 Å². The normalized spacial score (nSPS) is 13.8.